The molecule has 122 valence electrons. The monoisotopic (exact) mass is 340 g/mol. The number of carboxylic acid groups (broad SMARTS) is 1. The summed E-state index contributed by atoms with van der Waals surface area (Å²) in [5, 5.41) is 13.2. The lowest BCUT2D eigenvalue weighted by molar-refractivity contribution is -0.121. The van der Waals surface area contributed by atoms with Crippen molar-refractivity contribution >= 4 is 23.2 Å². The van der Waals surface area contributed by atoms with Gasteiger partial charge in [0.25, 0.3) is 0 Å². The Morgan fingerprint density at radius 3 is 2.74 bits per heavy atom. The smallest absolute Gasteiger partial charge is 0.355 e. The number of nitrogens with zero attached hydrogens (tertiary/aromatic N) is 1. The van der Waals surface area contributed by atoms with Crippen LogP contribution in [0.1, 0.15) is 40.3 Å². The zero-order valence-corrected chi connectivity index (χ0v) is 13.0. The molecule has 23 heavy (non-hydrogen) atoms. The Morgan fingerprint density at radius 2 is 2.13 bits per heavy atom. The van der Waals surface area contributed by atoms with E-state index in [1.807, 2.05) is 0 Å². The first-order valence-corrected chi connectivity index (χ1v) is 7.64. The number of carbonyl (C=O) groups excluding carboxylic acids is 1. The van der Waals surface area contributed by atoms with E-state index in [0.29, 0.717) is 5.01 Å². The van der Waals surface area contributed by atoms with Crippen LogP contribution >= 0.6 is 11.3 Å². The number of nitrogens with one attached hydrogen (secondary N) is 1. The van der Waals surface area contributed by atoms with Crippen molar-refractivity contribution in [1.82, 2.24) is 10.3 Å². The largest absolute Gasteiger partial charge is 0.476 e. The molecule has 1 heterocycles. The minimum absolute atomic E-state index is 0.0275. The van der Waals surface area contributed by atoms with Gasteiger partial charge in [-0.15, -0.1) is 11.3 Å². The lowest BCUT2D eigenvalue weighted by Gasteiger charge is -2.12. The number of hydrogen-bond donors (Lipinski definition) is 2. The molecule has 1 atom stereocenters. The minimum Gasteiger partial charge on any atom is -0.476 e. The minimum atomic E-state index is -1.13. The predicted octanol–water partition coefficient (Wildman–Crippen LogP) is 2.93. The van der Waals surface area contributed by atoms with Gasteiger partial charge in [-0.2, -0.15) is 0 Å². The number of aromatic nitrogens is 1. The molecule has 0 fully saturated rings. The van der Waals surface area contributed by atoms with E-state index in [4.69, 9.17) is 5.11 Å². The Bertz CT molecular complexity index is 733. The van der Waals surface area contributed by atoms with Crippen LogP contribution in [0, 0.1) is 11.6 Å². The van der Waals surface area contributed by atoms with E-state index in [9.17, 15) is 18.4 Å². The van der Waals surface area contributed by atoms with E-state index in [1.165, 1.54) is 11.4 Å². The number of carboxylic acids is 1. The predicted molar refractivity (Wildman–Crippen MR) is 80.3 cm³/mol. The molecule has 0 aliphatic heterocycles. The molecule has 2 aromatic rings. The van der Waals surface area contributed by atoms with E-state index in [1.54, 1.807) is 6.92 Å². The maximum atomic E-state index is 13.6. The number of halogens is 2. The Labute approximate surface area is 135 Å². The molecule has 1 aromatic carbocycles. The number of thiazole rings is 1. The topological polar surface area (TPSA) is 79.3 Å². The second kappa shape index (κ2) is 7.28. The molecule has 0 radical (unpaired) electrons. The highest BCUT2D eigenvalue weighted by Gasteiger charge is 2.16. The number of rotatable bonds is 6. The van der Waals surface area contributed by atoms with Gasteiger partial charge < -0.3 is 10.4 Å². The highest BCUT2D eigenvalue weighted by molar-refractivity contribution is 7.09. The van der Waals surface area contributed by atoms with Gasteiger partial charge in [0, 0.05) is 17.9 Å². The average molecular weight is 340 g/mol. The third-order valence-corrected chi connectivity index (χ3v) is 4.04. The van der Waals surface area contributed by atoms with E-state index in [0.717, 1.165) is 23.5 Å². The number of benzene rings is 1. The lowest BCUT2D eigenvalue weighted by atomic mass is 9.97. The summed E-state index contributed by atoms with van der Waals surface area (Å²) in [6, 6.07) is 3.26. The Kier molecular flexibility index (Phi) is 5.38. The fraction of sp³-hybridized carbons (Fsp3) is 0.267. The summed E-state index contributed by atoms with van der Waals surface area (Å²) in [6.07, 6.45) is 0.0275. The molecule has 0 aliphatic carbocycles. The summed E-state index contributed by atoms with van der Waals surface area (Å²) in [6.45, 7) is 1.78. The van der Waals surface area contributed by atoms with Crippen molar-refractivity contribution in [3.05, 3.63) is 51.5 Å². The molecule has 0 spiro atoms. The first-order chi connectivity index (χ1) is 10.9. The third-order valence-electron chi connectivity index (χ3n) is 3.19. The van der Waals surface area contributed by atoms with Crippen molar-refractivity contribution in [2.24, 2.45) is 0 Å². The van der Waals surface area contributed by atoms with Gasteiger partial charge in [-0.05, 0) is 17.5 Å². The molecule has 0 saturated heterocycles. The first-order valence-electron chi connectivity index (χ1n) is 6.76. The standard InChI is InChI=1S/C15H14F2N2O3S/c1-8(10-3-2-9(16)5-11(10)17)4-13(20)18-6-14-19-12(7-23-14)15(21)22/h2-3,5,7-8H,4,6H2,1H3,(H,18,20)(H,21,22). The summed E-state index contributed by atoms with van der Waals surface area (Å²) < 4.78 is 26.5. The number of amides is 1. The van der Waals surface area contributed by atoms with Crippen LogP contribution in [-0.4, -0.2) is 22.0 Å². The summed E-state index contributed by atoms with van der Waals surface area (Å²) in [7, 11) is 0. The molecule has 0 aliphatic rings. The fourth-order valence-electron chi connectivity index (χ4n) is 2.03. The number of carbonyl (C=O) groups is 2. The molecular weight excluding hydrogens is 326 g/mol. The maximum absolute atomic E-state index is 13.6. The van der Waals surface area contributed by atoms with Gasteiger partial charge in [-0.1, -0.05) is 13.0 Å². The second-order valence-electron chi connectivity index (χ2n) is 4.98. The Hall–Kier alpha value is -2.35. The van der Waals surface area contributed by atoms with Crippen molar-refractivity contribution in [3.8, 4) is 0 Å². The van der Waals surface area contributed by atoms with Crippen LogP contribution in [0.3, 0.4) is 0 Å². The molecule has 2 rings (SSSR count). The summed E-state index contributed by atoms with van der Waals surface area (Å²) in [5.74, 6) is -3.22. The molecule has 0 bridgehead atoms. The van der Waals surface area contributed by atoms with Gasteiger partial charge in [0.15, 0.2) is 5.69 Å². The molecule has 0 saturated carbocycles. The summed E-state index contributed by atoms with van der Waals surface area (Å²) >= 11 is 1.13. The highest BCUT2D eigenvalue weighted by atomic mass is 32.1. The molecule has 8 heteroatoms. The molecule has 1 unspecified atom stereocenters. The number of aromatic carboxylic acids is 1. The van der Waals surface area contributed by atoms with E-state index < -0.39 is 23.5 Å². The van der Waals surface area contributed by atoms with Crippen molar-refractivity contribution in [3.63, 3.8) is 0 Å². The fourth-order valence-corrected chi connectivity index (χ4v) is 2.73. The zero-order chi connectivity index (χ0) is 17.0. The van der Waals surface area contributed by atoms with Gasteiger partial charge in [0.1, 0.15) is 16.6 Å². The first kappa shape index (κ1) is 17.0. The van der Waals surface area contributed by atoms with Crippen LogP contribution in [-0.2, 0) is 11.3 Å². The van der Waals surface area contributed by atoms with Gasteiger partial charge in [0.05, 0.1) is 6.54 Å². The quantitative estimate of drug-likeness (QED) is 0.847. The van der Waals surface area contributed by atoms with E-state index in [-0.39, 0.29) is 30.1 Å². The third kappa shape index (κ3) is 4.56. The van der Waals surface area contributed by atoms with E-state index >= 15 is 0 Å². The molecule has 5 nitrogen and oxygen atoms in total. The van der Waals surface area contributed by atoms with Crippen LogP contribution in [0.15, 0.2) is 23.6 Å². The SMILES string of the molecule is CC(CC(=O)NCc1nc(C(=O)O)cs1)c1ccc(F)cc1F. The van der Waals surface area contributed by atoms with E-state index in [2.05, 4.69) is 10.3 Å². The van der Waals surface area contributed by atoms with Gasteiger partial charge >= 0.3 is 5.97 Å². The van der Waals surface area contributed by atoms with Crippen LogP contribution in [0.25, 0.3) is 0 Å². The highest BCUT2D eigenvalue weighted by Crippen LogP contribution is 2.22. The van der Waals surface area contributed by atoms with Crippen molar-refractivity contribution in [2.45, 2.75) is 25.8 Å². The Balaban J connectivity index is 1.89. The van der Waals surface area contributed by atoms with Crippen molar-refractivity contribution < 1.29 is 23.5 Å². The Morgan fingerprint density at radius 1 is 1.39 bits per heavy atom. The van der Waals surface area contributed by atoms with Crippen molar-refractivity contribution in [2.75, 3.05) is 0 Å². The molecule has 1 aromatic heterocycles. The van der Waals surface area contributed by atoms with Gasteiger partial charge in [0.2, 0.25) is 5.91 Å². The van der Waals surface area contributed by atoms with Gasteiger partial charge in [-0.3, -0.25) is 4.79 Å². The van der Waals surface area contributed by atoms with Crippen LogP contribution in [0.5, 0.6) is 0 Å². The zero-order valence-electron chi connectivity index (χ0n) is 12.2. The average Bonchev–Trinajstić information content (AvgIpc) is 2.94. The second-order valence-corrected chi connectivity index (χ2v) is 5.92. The summed E-state index contributed by atoms with van der Waals surface area (Å²) in [4.78, 5) is 26.4. The molecule has 2 N–H and O–H groups in total. The normalized spacial score (nSPS) is 12.0. The summed E-state index contributed by atoms with van der Waals surface area (Å²) in [5.41, 5.74) is 0.199. The van der Waals surface area contributed by atoms with Crippen LogP contribution in [0.2, 0.25) is 0 Å². The lowest BCUT2D eigenvalue weighted by Crippen LogP contribution is -2.24. The maximum Gasteiger partial charge on any atom is 0.355 e. The van der Waals surface area contributed by atoms with Crippen LogP contribution in [0.4, 0.5) is 8.78 Å². The molecule has 1 amide bonds. The van der Waals surface area contributed by atoms with Gasteiger partial charge in [-0.25, -0.2) is 18.6 Å². The number of hydrogen-bond acceptors (Lipinski definition) is 4. The molecular formula is C15H14F2N2O3S. The van der Waals surface area contributed by atoms with Crippen molar-refractivity contribution in [1.29, 1.82) is 0 Å². The van der Waals surface area contributed by atoms with Crippen LogP contribution < -0.4 is 5.32 Å².